The maximum absolute atomic E-state index is 13.7. The molecule has 1 saturated heterocycles. The van der Waals surface area contributed by atoms with Crippen molar-refractivity contribution in [3.8, 4) is 22.8 Å². The van der Waals surface area contributed by atoms with Crippen LogP contribution in [0.15, 0.2) is 72.9 Å². The van der Waals surface area contributed by atoms with E-state index in [1.54, 1.807) is 30.5 Å². The highest BCUT2D eigenvalue weighted by molar-refractivity contribution is 7.99. The molecule has 5 rings (SSSR count). The smallest absolute Gasteiger partial charge is 0.136 e. The Labute approximate surface area is 213 Å². The molecule has 0 aliphatic carbocycles. The molecular formula is C27H26FN7S. The normalized spacial score (nSPS) is 15.5. The van der Waals surface area contributed by atoms with E-state index in [0.717, 1.165) is 53.5 Å². The van der Waals surface area contributed by atoms with E-state index in [9.17, 15) is 4.39 Å². The van der Waals surface area contributed by atoms with Crippen LogP contribution < -0.4 is 4.72 Å². The number of nitrogens with zero attached hydrogens (tertiary/aromatic N) is 4. The van der Waals surface area contributed by atoms with Crippen molar-refractivity contribution in [2.45, 2.75) is 18.9 Å². The van der Waals surface area contributed by atoms with Gasteiger partial charge in [0.25, 0.3) is 0 Å². The van der Waals surface area contributed by atoms with Gasteiger partial charge in [0.1, 0.15) is 23.3 Å². The minimum Gasteiger partial charge on any atom is -0.350 e. The average Bonchev–Trinajstić information content (AvgIpc) is 3.58. The van der Waals surface area contributed by atoms with Crippen molar-refractivity contribution >= 4 is 29.7 Å². The molecule has 0 saturated carbocycles. The fourth-order valence-electron chi connectivity index (χ4n) is 4.39. The summed E-state index contributed by atoms with van der Waals surface area (Å²) in [4.78, 5) is 19.1. The molecule has 1 aromatic carbocycles. The van der Waals surface area contributed by atoms with Gasteiger partial charge in [-0.15, -0.1) is 0 Å². The van der Waals surface area contributed by atoms with Gasteiger partial charge in [0.15, 0.2) is 0 Å². The van der Waals surface area contributed by atoms with E-state index >= 15 is 0 Å². The van der Waals surface area contributed by atoms with Crippen LogP contribution in [-0.2, 0) is 0 Å². The van der Waals surface area contributed by atoms with Gasteiger partial charge in [0.2, 0.25) is 0 Å². The number of aromatic amines is 1. The van der Waals surface area contributed by atoms with Crippen molar-refractivity contribution in [2.75, 3.05) is 17.5 Å². The first-order valence-corrected chi connectivity index (χ1v) is 12.9. The first kappa shape index (κ1) is 23.7. The Balaban J connectivity index is 1.30. The molecule has 36 heavy (non-hydrogen) atoms. The third kappa shape index (κ3) is 5.31. The highest BCUT2D eigenvalue weighted by atomic mass is 32.2. The zero-order chi connectivity index (χ0) is 24.9. The zero-order valence-corrected chi connectivity index (χ0v) is 20.6. The van der Waals surface area contributed by atoms with Crippen molar-refractivity contribution in [2.24, 2.45) is 0 Å². The molecule has 0 amide bonds. The molecule has 4 aromatic rings. The second kappa shape index (κ2) is 10.7. The summed E-state index contributed by atoms with van der Waals surface area (Å²) in [6.07, 6.45) is 9.08. The van der Waals surface area contributed by atoms with Gasteiger partial charge in [-0.05, 0) is 67.0 Å². The lowest BCUT2D eigenvalue weighted by atomic mass is 10.0. The number of amidine groups is 1. The number of H-pyrrole nitrogens is 1. The zero-order valence-electron chi connectivity index (χ0n) is 19.8. The van der Waals surface area contributed by atoms with Crippen molar-refractivity contribution < 1.29 is 4.39 Å². The Morgan fingerprint density at radius 3 is 2.72 bits per heavy atom. The van der Waals surface area contributed by atoms with E-state index in [4.69, 9.17) is 10.4 Å². The fraction of sp³-hybridized carbons (Fsp3) is 0.185. The number of benzene rings is 1. The summed E-state index contributed by atoms with van der Waals surface area (Å²) in [5, 5.41) is 8.59. The van der Waals surface area contributed by atoms with Gasteiger partial charge < -0.3 is 14.6 Å². The van der Waals surface area contributed by atoms with Crippen LogP contribution in [0.2, 0.25) is 0 Å². The molecule has 1 aliphatic heterocycles. The summed E-state index contributed by atoms with van der Waals surface area (Å²) in [5.74, 6) is 1.54. The lowest BCUT2D eigenvalue weighted by Crippen LogP contribution is -2.28. The standard InChI is InChI=1S/C27H26FN7S/c1-36-34-27-12-4-10-21(32-27)20-8-3-9-22(31-20)23-17-30-26(33-23)14-13-25(29)35-15-5-11-24(35)18-6-2-7-19(28)16-18/h2-4,6-10,12-14,16-17,24,29H,5,11,15H2,1H3,(H,30,33)(H,32,34)/b14-13-,29-25?/t24-/m1/s1. The predicted octanol–water partition coefficient (Wildman–Crippen LogP) is 6.19. The largest absolute Gasteiger partial charge is 0.350 e. The van der Waals surface area contributed by atoms with Crippen molar-refractivity contribution in [1.82, 2.24) is 24.8 Å². The molecule has 0 bridgehead atoms. The number of rotatable bonds is 7. The third-order valence-corrected chi connectivity index (χ3v) is 6.45. The van der Waals surface area contributed by atoms with Gasteiger partial charge >= 0.3 is 0 Å². The van der Waals surface area contributed by atoms with E-state index in [-0.39, 0.29) is 11.9 Å². The molecule has 4 heterocycles. The summed E-state index contributed by atoms with van der Waals surface area (Å²) in [7, 11) is 0. The number of likely N-dealkylation sites (tertiary alicyclic amines) is 1. The predicted molar refractivity (Wildman–Crippen MR) is 144 cm³/mol. The Bertz CT molecular complexity index is 1400. The monoisotopic (exact) mass is 499 g/mol. The minimum absolute atomic E-state index is 0.00943. The van der Waals surface area contributed by atoms with E-state index in [2.05, 4.69) is 19.7 Å². The Kier molecular flexibility index (Phi) is 7.08. The molecule has 0 spiro atoms. The van der Waals surface area contributed by atoms with Gasteiger partial charge in [0.05, 0.1) is 35.0 Å². The molecule has 9 heteroatoms. The number of hydrogen-bond donors (Lipinski definition) is 3. The first-order chi connectivity index (χ1) is 17.6. The lowest BCUT2D eigenvalue weighted by Gasteiger charge is -2.26. The summed E-state index contributed by atoms with van der Waals surface area (Å²) < 4.78 is 16.9. The molecule has 1 aliphatic rings. The van der Waals surface area contributed by atoms with Gasteiger partial charge in [-0.2, -0.15) is 0 Å². The maximum Gasteiger partial charge on any atom is 0.136 e. The Morgan fingerprint density at radius 2 is 1.89 bits per heavy atom. The highest BCUT2D eigenvalue weighted by Crippen LogP contribution is 2.32. The Morgan fingerprint density at radius 1 is 1.11 bits per heavy atom. The number of nitrogens with one attached hydrogen (secondary N) is 3. The molecule has 1 fully saturated rings. The molecule has 3 N–H and O–H groups in total. The van der Waals surface area contributed by atoms with E-state index in [1.807, 2.05) is 53.6 Å². The van der Waals surface area contributed by atoms with Gasteiger partial charge in [-0.1, -0.05) is 36.2 Å². The number of aromatic nitrogens is 4. The summed E-state index contributed by atoms with van der Waals surface area (Å²) >= 11 is 1.49. The van der Waals surface area contributed by atoms with E-state index in [1.165, 1.54) is 18.0 Å². The second-order valence-electron chi connectivity index (χ2n) is 8.43. The fourth-order valence-corrected chi connectivity index (χ4v) is 4.71. The summed E-state index contributed by atoms with van der Waals surface area (Å²) in [6, 6.07) is 18.3. The van der Waals surface area contributed by atoms with Crippen LogP contribution in [0.1, 0.15) is 30.3 Å². The topological polar surface area (TPSA) is 93.6 Å². The van der Waals surface area contributed by atoms with Gasteiger partial charge in [-0.25, -0.2) is 19.3 Å². The molecule has 182 valence electrons. The molecule has 0 radical (unpaired) electrons. The molecule has 0 unspecified atom stereocenters. The van der Waals surface area contributed by atoms with Crippen LogP contribution >= 0.6 is 11.9 Å². The van der Waals surface area contributed by atoms with Crippen LogP contribution in [-0.4, -0.2) is 43.5 Å². The SMILES string of the molecule is CSNc1cccc(-c2cccc(-c3cnc(/C=C\C(=N)N4CCC[C@@H]4c4cccc(F)c4)[nH]3)n2)n1. The summed E-state index contributed by atoms with van der Waals surface area (Å²) in [5.41, 5.74) is 3.98. The third-order valence-electron chi connectivity index (χ3n) is 6.03. The maximum atomic E-state index is 13.7. The molecular weight excluding hydrogens is 473 g/mol. The van der Waals surface area contributed by atoms with Gasteiger partial charge in [0, 0.05) is 12.8 Å². The molecule has 1 atom stereocenters. The number of halogens is 1. The summed E-state index contributed by atoms with van der Waals surface area (Å²) in [6.45, 7) is 0.770. The number of pyridine rings is 2. The van der Waals surface area contributed by atoms with E-state index < -0.39 is 0 Å². The van der Waals surface area contributed by atoms with Crippen LogP contribution in [0.4, 0.5) is 10.2 Å². The average molecular weight is 500 g/mol. The second-order valence-corrected chi connectivity index (χ2v) is 9.04. The minimum atomic E-state index is -0.248. The Hall–Kier alpha value is -3.98. The lowest BCUT2D eigenvalue weighted by molar-refractivity contribution is 0.399. The first-order valence-electron chi connectivity index (χ1n) is 11.7. The van der Waals surface area contributed by atoms with E-state index in [0.29, 0.717) is 11.7 Å². The van der Waals surface area contributed by atoms with Crippen molar-refractivity contribution in [3.05, 3.63) is 90.1 Å². The highest BCUT2D eigenvalue weighted by Gasteiger charge is 2.27. The number of hydrogen-bond acceptors (Lipinski definition) is 6. The van der Waals surface area contributed by atoms with Crippen LogP contribution in [0.25, 0.3) is 28.9 Å². The number of anilines is 1. The quantitative estimate of drug-likeness (QED) is 0.159. The van der Waals surface area contributed by atoms with Gasteiger partial charge in [-0.3, -0.25) is 5.41 Å². The van der Waals surface area contributed by atoms with Crippen LogP contribution in [0.5, 0.6) is 0 Å². The van der Waals surface area contributed by atoms with Crippen LogP contribution in [0, 0.1) is 11.2 Å². The molecule has 7 nitrogen and oxygen atoms in total. The number of imidazole rings is 1. The molecule has 3 aromatic heterocycles. The van der Waals surface area contributed by atoms with Crippen molar-refractivity contribution in [1.29, 1.82) is 5.41 Å². The van der Waals surface area contributed by atoms with Crippen molar-refractivity contribution in [3.63, 3.8) is 0 Å². The van der Waals surface area contributed by atoms with Crippen LogP contribution in [0.3, 0.4) is 0 Å².